The monoisotopic (exact) mass is 206 g/mol. The highest BCUT2D eigenvalue weighted by Crippen LogP contribution is 2.15. The number of hydrogen-bond donors (Lipinski definition) is 1. The second-order valence-corrected chi connectivity index (χ2v) is 4.36. The van der Waals surface area contributed by atoms with Crippen LogP contribution in [0.15, 0.2) is 29.3 Å². The lowest BCUT2D eigenvalue weighted by Gasteiger charge is -2.02. The van der Waals surface area contributed by atoms with Gasteiger partial charge < -0.3 is 5.32 Å². The third-order valence-electron chi connectivity index (χ3n) is 2.10. The number of benzene rings is 1. The van der Waals surface area contributed by atoms with Gasteiger partial charge in [-0.15, -0.1) is 0 Å². The molecule has 1 aliphatic rings. The SMILES string of the molecule is Cc1cccc(CSC2=NCCN2)c1. The third kappa shape index (κ3) is 2.51. The molecular weight excluding hydrogens is 192 g/mol. The van der Waals surface area contributed by atoms with Crippen LogP contribution in [0.2, 0.25) is 0 Å². The van der Waals surface area contributed by atoms with E-state index >= 15 is 0 Å². The molecule has 0 aliphatic carbocycles. The maximum absolute atomic E-state index is 4.34. The van der Waals surface area contributed by atoms with Crippen LogP contribution in [0.3, 0.4) is 0 Å². The molecule has 0 saturated heterocycles. The molecule has 0 aromatic heterocycles. The smallest absolute Gasteiger partial charge is 0.157 e. The molecule has 0 radical (unpaired) electrons. The van der Waals surface area contributed by atoms with Gasteiger partial charge in [0.05, 0.1) is 6.54 Å². The minimum absolute atomic E-state index is 0.927. The van der Waals surface area contributed by atoms with Gasteiger partial charge in [0.15, 0.2) is 5.17 Å². The van der Waals surface area contributed by atoms with Crippen molar-refractivity contribution in [1.29, 1.82) is 0 Å². The molecule has 3 heteroatoms. The number of aliphatic imine (C=N–C) groups is 1. The normalized spacial score (nSPS) is 15.1. The van der Waals surface area contributed by atoms with Crippen LogP contribution in [0, 0.1) is 6.92 Å². The number of nitrogens with one attached hydrogen (secondary N) is 1. The number of thioether (sulfide) groups is 1. The van der Waals surface area contributed by atoms with Gasteiger partial charge in [-0.05, 0) is 12.5 Å². The molecule has 0 fully saturated rings. The van der Waals surface area contributed by atoms with Crippen LogP contribution in [-0.4, -0.2) is 18.3 Å². The number of nitrogens with zero attached hydrogens (tertiary/aromatic N) is 1. The summed E-state index contributed by atoms with van der Waals surface area (Å²) in [7, 11) is 0. The summed E-state index contributed by atoms with van der Waals surface area (Å²) in [6.45, 7) is 4.05. The highest BCUT2D eigenvalue weighted by atomic mass is 32.2. The maximum atomic E-state index is 4.34. The lowest BCUT2D eigenvalue weighted by molar-refractivity contribution is 0.963. The number of rotatable bonds is 2. The maximum Gasteiger partial charge on any atom is 0.157 e. The van der Waals surface area contributed by atoms with Crippen LogP contribution < -0.4 is 5.32 Å². The zero-order valence-corrected chi connectivity index (χ0v) is 9.10. The van der Waals surface area contributed by atoms with Gasteiger partial charge in [-0.3, -0.25) is 4.99 Å². The van der Waals surface area contributed by atoms with E-state index in [1.807, 2.05) is 0 Å². The zero-order valence-electron chi connectivity index (χ0n) is 8.29. The van der Waals surface area contributed by atoms with Gasteiger partial charge in [0.2, 0.25) is 0 Å². The van der Waals surface area contributed by atoms with Crippen LogP contribution in [0.5, 0.6) is 0 Å². The van der Waals surface area contributed by atoms with E-state index in [0.717, 1.165) is 24.0 Å². The van der Waals surface area contributed by atoms with E-state index in [1.165, 1.54) is 11.1 Å². The summed E-state index contributed by atoms with van der Waals surface area (Å²) < 4.78 is 0. The van der Waals surface area contributed by atoms with Crippen molar-refractivity contribution in [2.24, 2.45) is 4.99 Å². The van der Waals surface area contributed by atoms with E-state index in [4.69, 9.17) is 0 Å². The lowest BCUT2D eigenvalue weighted by Crippen LogP contribution is -2.14. The molecule has 1 aromatic carbocycles. The van der Waals surface area contributed by atoms with Gasteiger partial charge in [-0.1, -0.05) is 41.6 Å². The lowest BCUT2D eigenvalue weighted by atomic mass is 10.2. The van der Waals surface area contributed by atoms with E-state index in [-0.39, 0.29) is 0 Å². The quantitative estimate of drug-likeness (QED) is 0.802. The topological polar surface area (TPSA) is 24.4 Å². The molecule has 0 atom stereocenters. The van der Waals surface area contributed by atoms with Crippen LogP contribution in [0.25, 0.3) is 0 Å². The molecular formula is C11H14N2S. The molecule has 0 amide bonds. The second-order valence-electron chi connectivity index (χ2n) is 3.39. The van der Waals surface area contributed by atoms with Crippen molar-refractivity contribution in [3.05, 3.63) is 35.4 Å². The molecule has 1 heterocycles. The molecule has 1 aromatic rings. The van der Waals surface area contributed by atoms with Crippen LogP contribution in [-0.2, 0) is 5.75 Å². The minimum Gasteiger partial charge on any atom is -0.363 e. The summed E-state index contributed by atoms with van der Waals surface area (Å²) in [6, 6.07) is 8.62. The van der Waals surface area contributed by atoms with Crippen LogP contribution in [0.4, 0.5) is 0 Å². The molecule has 14 heavy (non-hydrogen) atoms. The summed E-state index contributed by atoms with van der Waals surface area (Å²) in [5.41, 5.74) is 2.69. The van der Waals surface area contributed by atoms with Crippen molar-refractivity contribution in [2.45, 2.75) is 12.7 Å². The summed E-state index contributed by atoms with van der Waals surface area (Å²) >= 11 is 1.78. The predicted octanol–water partition coefficient (Wildman–Crippen LogP) is 2.19. The molecule has 74 valence electrons. The van der Waals surface area contributed by atoms with Crippen molar-refractivity contribution in [2.75, 3.05) is 13.1 Å². The van der Waals surface area contributed by atoms with E-state index in [2.05, 4.69) is 41.5 Å². The Morgan fingerprint density at radius 2 is 2.43 bits per heavy atom. The average Bonchev–Trinajstić information content (AvgIpc) is 2.67. The Balaban J connectivity index is 1.91. The van der Waals surface area contributed by atoms with Crippen molar-refractivity contribution in [1.82, 2.24) is 5.32 Å². The first-order chi connectivity index (χ1) is 6.84. The molecule has 0 unspecified atom stereocenters. The first-order valence-corrected chi connectivity index (χ1v) is 5.80. The highest BCUT2D eigenvalue weighted by molar-refractivity contribution is 8.13. The van der Waals surface area contributed by atoms with Crippen LogP contribution in [0.1, 0.15) is 11.1 Å². The first kappa shape index (κ1) is 9.59. The fourth-order valence-corrected chi connectivity index (χ4v) is 2.30. The van der Waals surface area contributed by atoms with Gasteiger partial charge in [0.25, 0.3) is 0 Å². The van der Waals surface area contributed by atoms with Gasteiger partial charge >= 0.3 is 0 Å². The van der Waals surface area contributed by atoms with Gasteiger partial charge in [-0.2, -0.15) is 0 Å². The van der Waals surface area contributed by atoms with Gasteiger partial charge in [-0.25, -0.2) is 0 Å². The molecule has 0 bridgehead atoms. The molecule has 1 N–H and O–H groups in total. The molecule has 0 saturated carbocycles. The van der Waals surface area contributed by atoms with E-state index in [1.54, 1.807) is 11.8 Å². The Hall–Kier alpha value is -0.960. The van der Waals surface area contributed by atoms with Crippen molar-refractivity contribution >= 4 is 16.9 Å². The van der Waals surface area contributed by atoms with Gasteiger partial charge in [0.1, 0.15) is 0 Å². The largest absolute Gasteiger partial charge is 0.363 e. The fraction of sp³-hybridized carbons (Fsp3) is 0.364. The first-order valence-electron chi connectivity index (χ1n) is 4.81. The number of amidine groups is 1. The highest BCUT2D eigenvalue weighted by Gasteiger charge is 2.05. The molecule has 1 aliphatic heterocycles. The van der Waals surface area contributed by atoms with E-state index in [0.29, 0.717) is 0 Å². The van der Waals surface area contributed by atoms with Gasteiger partial charge in [0, 0.05) is 12.3 Å². The number of hydrogen-bond acceptors (Lipinski definition) is 3. The molecule has 2 nitrogen and oxygen atoms in total. The summed E-state index contributed by atoms with van der Waals surface area (Å²) in [5.74, 6) is 1.01. The van der Waals surface area contributed by atoms with E-state index in [9.17, 15) is 0 Å². The Morgan fingerprint density at radius 3 is 3.14 bits per heavy atom. The van der Waals surface area contributed by atoms with Crippen LogP contribution >= 0.6 is 11.8 Å². The Bertz CT molecular complexity index is 347. The summed E-state index contributed by atoms with van der Waals surface area (Å²) in [5, 5.41) is 4.34. The molecule has 2 rings (SSSR count). The Kier molecular flexibility index (Phi) is 3.09. The summed E-state index contributed by atoms with van der Waals surface area (Å²) in [4.78, 5) is 4.34. The predicted molar refractivity (Wildman–Crippen MR) is 62.8 cm³/mol. The van der Waals surface area contributed by atoms with Crippen molar-refractivity contribution in [3.63, 3.8) is 0 Å². The van der Waals surface area contributed by atoms with Crippen molar-refractivity contribution < 1.29 is 0 Å². The minimum atomic E-state index is 0.927. The van der Waals surface area contributed by atoms with E-state index < -0.39 is 0 Å². The summed E-state index contributed by atoms with van der Waals surface area (Å²) in [6.07, 6.45) is 0. The third-order valence-corrected chi connectivity index (χ3v) is 3.13. The Morgan fingerprint density at radius 1 is 1.50 bits per heavy atom. The number of aryl methyl sites for hydroxylation is 1. The molecule has 0 spiro atoms. The standard InChI is InChI=1S/C11H14N2S/c1-9-3-2-4-10(7-9)8-14-11-12-5-6-13-11/h2-4,7H,5-6,8H2,1H3,(H,12,13). The fourth-order valence-electron chi connectivity index (χ4n) is 1.43. The second kappa shape index (κ2) is 4.51. The Labute approximate surface area is 88.8 Å². The van der Waals surface area contributed by atoms with Crippen molar-refractivity contribution in [3.8, 4) is 0 Å². The zero-order chi connectivity index (χ0) is 9.80. The average molecular weight is 206 g/mol.